The van der Waals surface area contributed by atoms with Crippen LogP contribution in [0.1, 0.15) is 5.56 Å². The number of halogens is 1. The van der Waals surface area contributed by atoms with Crippen LogP contribution in [0.25, 0.3) is 0 Å². The molecule has 1 aromatic rings. The van der Waals surface area contributed by atoms with Gasteiger partial charge in [0.25, 0.3) is 0 Å². The Balaban J connectivity index is 2.79. The van der Waals surface area contributed by atoms with E-state index in [-0.39, 0.29) is 0 Å². The smallest absolute Gasteiger partial charge is 0.106 e. The summed E-state index contributed by atoms with van der Waals surface area (Å²) in [5, 5.41) is 4.16. The highest BCUT2D eigenvalue weighted by Crippen LogP contribution is 2.07. The molecular weight excluding hydrogens is 162 g/mol. The van der Waals surface area contributed by atoms with Crippen LogP contribution in [0.15, 0.2) is 23.4 Å². The fourth-order valence-electron chi connectivity index (χ4n) is 0.647. The maximum atomic E-state index is 5.67. The fourth-order valence-corrected chi connectivity index (χ4v) is 0.836. The Kier molecular flexibility index (Phi) is 2.93. The van der Waals surface area contributed by atoms with Crippen molar-refractivity contribution in [1.82, 2.24) is 0 Å². The van der Waals surface area contributed by atoms with Gasteiger partial charge in [-0.2, -0.15) is 0 Å². The Bertz CT molecular complexity index is 260. The second kappa shape index (κ2) is 3.98. The monoisotopic (exact) mass is 168 g/mol. The molecule has 1 rings (SSSR count). The highest BCUT2D eigenvalue weighted by molar-refractivity contribution is 6.30. The molecule has 2 nitrogen and oxygen atoms in total. The Morgan fingerprint density at radius 2 is 2.55 bits per heavy atom. The molecule has 0 spiro atoms. The molecule has 0 fully saturated rings. The Morgan fingerprint density at radius 1 is 1.73 bits per heavy atom. The summed E-state index contributed by atoms with van der Waals surface area (Å²) in [6, 6.07) is 8.14. The van der Waals surface area contributed by atoms with Gasteiger partial charge in [0.2, 0.25) is 0 Å². The van der Waals surface area contributed by atoms with Crippen molar-refractivity contribution >= 4 is 17.8 Å². The van der Waals surface area contributed by atoms with E-state index in [0.717, 1.165) is 5.56 Å². The van der Waals surface area contributed by atoms with Crippen molar-refractivity contribution in [2.45, 2.75) is 0 Å². The molecule has 0 unspecified atom stereocenters. The lowest BCUT2D eigenvalue weighted by Crippen LogP contribution is -1.80. The molecule has 0 aliphatic rings. The van der Waals surface area contributed by atoms with Crippen LogP contribution in [0.3, 0.4) is 0 Å². The summed E-state index contributed by atoms with van der Waals surface area (Å²) in [5.74, 6) is 0. The molecule has 11 heavy (non-hydrogen) atoms. The minimum Gasteiger partial charge on any atom is -0.399 e. The van der Waals surface area contributed by atoms with E-state index >= 15 is 0 Å². The summed E-state index contributed by atoms with van der Waals surface area (Å²) in [4.78, 5) is 4.50. The van der Waals surface area contributed by atoms with Crippen LogP contribution in [0.2, 0.25) is 5.02 Å². The molecule has 0 saturated heterocycles. The van der Waals surface area contributed by atoms with Gasteiger partial charge in [-0.3, -0.25) is 0 Å². The highest BCUT2D eigenvalue weighted by atomic mass is 35.5. The SMILES string of the molecule is CON=Cc1cc[c]c(Cl)c1. The van der Waals surface area contributed by atoms with Crippen molar-refractivity contribution in [3.05, 3.63) is 34.9 Å². The predicted octanol–water partition coefficient (Wildman–Crippen LogP) is 2.12. The van der Waals surface area contributed by atoms with E-state index in [9.17, 15) is 0 Å². The van der Waals surface area contributed by atoms with Gasteiger partial charge in [-0.25, -0.2) is 0 Å². The molecule has 57 valence electrons. The standard InChI is InChI=1S/C8H7ClNO/c1-11-10-6-7-3-2-4-8(9)5-7/h2-3,5-6H,1H3. The third kappa shape index (κ3) is 2.60. The summed E-state index contributed by atoms with van der Waals surface area (Å²) in [7, 11) is 1.49. The molecule has 0 saturated carbocycles. The van der Waals surface area contributed by atoms with Gasteiger partial charge in [0.15, 0.2) is 0 Å². The van der Waals surface area contributed by atoms with Gasteiger partial charge < -0.3 is 4.84 Å². The fraction of sp³-hybridized carbons (Fsp3) is 0.125. The number of nitrogens with zero attached hydrogens (tertiary/aromatic N) is 1. The lowest BCUT2D eigenvalue weighted by molar-refractivity contribution is 0.215. The van der Waals surface area contributed by atoms with E-state index in [1.165, 1.54) is 7.11 Å². The van der Waals surface area contributed by atoms with E-state index in [4.69, 9.17) is 11.6 Å². The lowest BCUT2D eigenvalue weighted by Gasteiger charge is -1.91. The van der Waals surface area contributed by atoms with Gasteiger partial charge >= 0.3 is 0 Å². The first-order chi connectivity index (χ1) is 5.33. The maximum Gasteiger partial charge on any atom is 0.106 e. The van der Waals surface area contributed by atoms with Crippen LogP contribution >= 0.6 is 11.6 Å². The Hall–Kier alpha value is -1.02. The van der Waals surface area contributed by atoms with Crippen LogP contribution in [0, 0.1) is 6.07 Å². The zero-order chi connectivity index (χ0) is 8.10. The van der Waals surface area contributed by atoms with Crippen molar-refractivity contribution in [3.63, 3.8) is 0 Å². The zero-order valence-electron chi connectivity index (χ0n) is 6.04. The summed E-state index contributed by atoms with van der Waals surface area (Å²) < 4.78 is 0. The molecular formula is C8H7ClNO. The Labute approximate surface area is 70.4 Å². The van der Waals surface area contributed by atoms with Gasteiger partial charge in [0.1, 0.15) is 7.11 Å². The van der Waals surface area contributed by atoms with Gasteiger partial charge in [0.05, 0.1) is 6.21 Å². The van der Waals surface area contributed by atoms with Crippen LogP contribution < -0.4 is 0 Å². The maximum absolute atomic E-state index is 5.67. The summed E-state index contributed by atoms with van der Waals surface area (Å²) in [6.45, 7) is 0. The molecule has 0 aromatic heterocycles. The summed E-state index contributed by atoms with van der Waals surface area (Å²) >= 11 is 5.67. The largest absolute Gasteiger partial charge is 0.399 e. The Morgan fingerprint density at radius 3 is 3.18 bits per heavy atom. The molecule has 1 radical (unpaired) electrons. The number of hydrogen-bond donors (Lipinski definition) is 0. The normalized spacial score (nSPS) is 10.4. The first kappa shape index (κ1) is 8.08. The molecule has 0 atom stereocenters. The third-order valence-corrected chi connectivity index (χ3v) is 1.32. The predicted molar refractivity (Wildman–Crippen MR) is 44.9 cm³/mol. The second-order valence-corrected chi connectivity index (χ2v) is 2.29. The molecule has 0 aliphatic carbocycles. The molecule has 0 N–H and O–H groups in total. The van der Waals surface area contributed by atoms with Gasteiger partial charge in [-0.15, -0.1) is 0 Å². The van der Waals surface area contributed by atoms with Crippen molar-refractivity contribution in [1.29, 1.82) is 0 Å². The van der Waals surface area contributed by atoms with Crippen LogP contribution in [-0.4, -0.2) is 13.3 Å². The molecule has 1 aromatic carbocycles. The molecule has 0 bridgehead atoms. The summed E-state index contributed by atoms with van der Waals surface area (Å²) in [6.07, 6.45) is 1.58. The topological polar surface area (TPSA) is 21.6 Å². The van der Waals surface area contributed by atoms with E-state index in [1.54, 1.807) is 18.3 Å². The molecule has 0 amide bonds. The minimum atomic E-state index is 0.574. The number of hydrogen-bond acceptors (Lipinski definition) is 2. The van der Waals surface area contributed by atoms with E-state index in [1.807, 2.05) is 6.07 Å². The van der Waals surface area contributed by atoms with E-state index in [0.29, 0.717) is 5.02 Å². The van der Waals surface area contributed by atoms with E-state index in [2.05, 4.69) is 16.1 Å². The van der Waals surface area contributed by atoms with E-state index < -0.39 is 0 Å². The number of oxime groups is 1. The minimum absolute atomic E-state index is 0.574. The molecule has 3 heteroatoms. The quantitative estimate of drug-likeness (QED) is 0.490. The van der Waals surface area contributed by atoms with Crippen molar-refractivity contribution < 1.29 is 4.84 Å². The molecule has 0 heterocycles. The van der Waals surface area contributed by atoms with Gasteiger partial charge in [0, 0.05) is 11.1 Å². The highest BCUT2D eigenvalue weighted by Gasteiger charge is 1.88. The average Bonchev–Trinajstić information content (AvgIpc) is 2.01. The molecule has 0 aliphatic heterocycles. The third-order valence-electron chi connectivity index (χ3n) is 1.10. The lowest BCUT2D eigenvalue weighted by atomic mass is 10.2. The summed E-state index contributed by atoms with van der Waals surface area (Å²) in [5.41, 5.74) is 0.899. The van der Waals surface area contributed by atoms with Crippen molar-refractivity contribution in [2.75, 3.05) is 7.11 Å². The first-order valence-electron chi connectivity index (χ1n) is 3.06. The van der Waals surface area contributed by atoms with Gasteiger partial charge in [-0.05, 0) is 11.6 Å². The zero-order valence-corrected chi connectivity index (χ0v) is 6.80. The number of benzene rings is 1. The second-order valence-electron chi connectivity index (χ2n) is 1.89. The van der Waals surface area contributed by atoms with Gasteiger partial charge in [-0.1, -0.05) is 28.9 Å². The van der Waals surface area contributed by atoms with Crippen LogP contribution in [-0.2, 0) is 4.84 Å². The van der Waals surface area contributed by atoms with Crippen molar-refractivity contribution in [2.24, 2.45) is 5.16 Å². The van der Waals surface area contributed by atoms with Crippen molar-refractivity contribution in [3.8, 4) is 0 Å². The average molecular weight is 169 g/mol. The number of rotatable bonds is 2. The van der Waals surface area contributed by atoms with Crippen LogP contribution in [0.4, 0.5) is 0 Å². The first-order valence-corrected chi connectivity index (χ1v) is 3.44. The van der Waals surface area contributed by atoms with Crippen LogP contribution in [0.5, 0.6) is 0 Å².